The van der Waals surface area contributed by atoms with E-state index in [1.54, 1.807) is 21.8 Å². The Labute approximate surface area is 185 Å². The number of urea groups is 1. The maximum absolute atomic E-state index is 13.2. The Morgan fingerprint density at radius 2 is 1.97 bits per heavy atom. The zero-order valence-corrected chi connectivity index (χ0v) is 17.6. The number of rotatable bonds is 6. The van der Waals surface area contributed by atoms with E-state index in [1.807, 2.05) is 30.3 Å². The predicted octanol–water partition coefficient (Wildman–Crippen LogP) is 3.14. The highest BCUT2D eigenvalue weighted by molar-refractivity contribution is 5.92. The van der Waals surface area contributed by atoms with Gasteiger partial charge in [0.1, 0.15) is 5.82 Å². The number of halogens is 1. The minimum Gasteiger partial charge on any atom is -0.338 e. The maximum atomic E-state index is 13.2. The van der Waals surface area contributed by atoms with E-state index in [9.17, 15) is 14.0 Å². The van der Waals surface area contributed by atoms with E-state index in [-0.39, 0.29) is 11.8 Å². The van der Waals surface area contributed by atoms with Crippen molar-refractivity contribution in [3.8, 4) is 0 Å². The molecular formula is C23H25FN6O2. The first-order valence-corrected chi connectivity index (χ1v) is 10.6. The van der Waals surface area contributed by atoms with Crippen LogP contribution in [0.4, 0.5) is 14.9 Å². The largest absolute Gasteiger partial charge is 0.338 e. The molecule has 0 spiro atoms. The number of hydrogen-bond donors (Lipinski definition) is 2. The standard InChI is InChI=1S/C23H25FN6O2/c24-19-9-4-10-20(12-19)26-23(32)25-13-18-8-5-11-29(14-18)22(31)21-16-30(28-27-21)15-17-6-2-1-3-7-17/h1-4,6-7,9-10,12,16,18H,5,8,11,13-15H2,(H2,25,26,32). The molecule has 1 aliphatic heterocycles. The molecule has 2 N–H and O–H groups in total. The van der Waals surface area contributed by atoms with Crippen molar-refractivity contribution in [1.82, 2.24) is 25.2 Å². The van der Waals surface area contributed by atoms with Crippen LogP contribution in [-0.4, -0.2) is 51.5 Å². The van der Waals surface area contributed by atoms with Gasteiger partial charge in [-0.05, 0) is 42.5 Å². The molecule has 2 aromatic carbocycles. The Hall–Kier alpha value is -3.75. The molecular weight excluding hydrogens is 411 g/mol. The van der Waals surface area contributed by atoms with Gasteiger partial charge in [-0.2, -0.15) is 0 Å². The van der Waals surface area contributed by atoms with E-state index < -0.39 is 11.8 Å². The number of carbonyl (C=O) groups is 2. The van der Waals surface area contributed by atoms with Crippen LogP contribution in [0.2, 0.25) is 0 Å². The van der Waals surface area contributed by atoms with Gasteiger partial charge in [-0.25, -0.2) is 13.9 Å². The lowest BCUT2D eigenvalue weighted by Crippen LogP contribution is -2.44. The van der Waals surface area contributed by atoms with Crippen LogP contribution in [0.25, 0.3) is 0 Å². The van der Waals surface area contributed by atoms with Gasteiger partial charge in [0.2, 0.25) is 0 Å². The number of hydrogen-bond acceptors (Lipinski definition) is 4. The van der Waals surface area contributed by atoms with E-state index >= 15 is 0 Å². The van der Waals surface area contributed by atoms with Crippen molar-refractivity contribution in [3.05, 3.63) is 77.9 Å². The van der Waals surface area contributed by atoms with Crippen molar-refractivity contribution in [2.45, 2.75) is 19.4 Å². The van der Waals surface area contributed by atoms with E-state index in [2.05, 4.69) is 20.9 Å². The fraction of sp³-hybridized carbons (Fsp3) is 0.304. The Balaban J connectivity index is 1.28. The third-order valence-electron chi connectivity index (χ3n) is 5.39. The molecule has 9 heteroatoms. The van der Waals surface area contributed by atoms with Gasteiger partial charge < -0.3 is 15.5 Å². The maximum Gasteiger partial charge on any atom is 0.319 e. The number of carbonyl (C=O) groups excluding carboxylic acids is 2. The molecule has 1 unspecified atom stereocenters. The van der Waals surface area contributed by atoms with Crippen LogP contribution < -0.4 is 10.6 Å². The zero-order chi connectivity index (χ0) is 22.3. The van der Waals surface area contributed by atoms with Crippen LogP contribution >= 0.6 is 0 Å². The second kappa shape index (κ2) is 10.0. The first-order valence-electron chi connectivity index (χ1n) is 10.6. The number of benzene rings is 2. The average Bonchev–Trinajstić information content (AvgIpc) is 3.26. The summed E-state index contributed by atoms with van der Waals surface area (Å²) < 4.78 is 14.9. The normalized spacial score (nSPS) is 15.9. The molecule has 0 radical (unpaired) electrons. The molecule has 0 aliphatic carbocycles. The average molecular weight is 436 g/mol. The highest BCUT2D eigenvalue weighted by Crippen LogP contribution is 2.18. The minimum absolute atomic E-state index is 0.130. The van der Waals surface area contributed by atoms with Crippen LogP contribution in [0.15, 0.2) is 60.8 Å². The van der Waals surface area contributed by atoms with Crippen molar-refractivity contribution in [3.63, 3.8) is 0 Å². The summed E-state index contributed by atoms with van der Waals surface area (Å²) in [6.07, 6.45) is 3.43. The molecule has 2 heterocycles. The van der Waals surface area contributed by atoms with E-state index in [1.165, 1.54) is 18.2 Å². The molecule has 166 valence electrons. The van der Waals surface area contributed by atoms with Gasteiger partial charge in [-0.15, -0.1) is 5.10 Å². The number of aromatic nitrogens is 3. The lowest BCUT2D eigenvalue weighted by molar-refractivity contribution is 0.0669. The fourth-order valence-electron chi connectivity index (χ4n) is 3.80. The fourth-order valence-corrected chi connectivity index (χ4v) is 3.80. The van der Waals surface area contributed by atoms with Crippen LogP contribution in [0.5, 0.6) is 0 Å². The number of amides is 3. The molecule has 1 aromatic heterocycles. The van der Waals surface area contributed by atoms with Crippen molar-refractivity contribution in [1.29, 1.82) is 0 Å². The zero-order valence-electron chi connectivity index (χ0n) is 17.6. The van der Waals surface area contributed by atoms with Crippen molar-refractivity contribution >= 4 is 17.6 Å². The SMILES string of the molecule is O=C(NCC1CCCN(C(=O)c2cn(Cc3ccccc3)nn2)C1)Nc1cccc(F)c1. The quantitative estimate of drug-likeness (QED) is 0.621. The summed E-state index contributed by atoms with van der Waals surface area (Å²) >= 11 is 0. The molecule has 3 amide bonds. The van der Waals surface area contributed by atoms with E-state index in [0.29, 0.717) is 37.6 Å². The summed E-state index contributed by atoms with van der Waals surface area (Å²) in [7, 11) is 0. The van der Waals surface area contributed by atoms with Crippen LogP contribution in [0, 0.1) is 11.7 Å². The highest BCUT2D eigenvalue weighted by Gasteiger charge is 2.26. The number of nitrogens with zero attached hydrogens (tertiary/aromatic N) is 4. The van der Waals surface area contributed by atoms with Gasteiger partial charge in [0.15, 0.2) is 5.69 Å². The first-order chi connectivity index (χ1) is 15.6. The van der Waals surface area contributed by atoms with Crippen molar-refractivity contribution in [2.75, 3.05) is 25.0 Å². The van der Waals surface area contributed by atoms with Gasteiger partial charge in [0.05, 0.1) is 12.7 Å². The molecule has 1 saturated heterocycles. The second-order valence-electron chi connectivity index (χ2n) is 7.89. The van der Waals surface area contributed by atoms with Crippen LogP contribution in [0.1, 0.15) is 28.9 Å². The molecule has 0 saturated carbocycles. The first kappa shape index (κ1) is 21.5. The topological polar surface area (TPSA) is 92.2 Å². The summed E-state index contributed by atoms with van der Waals surface area (Å²) in [5, 5.41) is 13.6. The van der Waals surface area contributed by atoms with E-state index in [0.717, 1.165) is 18.4 Å². The van der Waals surface area contributed by atoms with Gasteiger partial charge in [0.25, 0.3) is 5.91 Å². The van der Waals surface area contributed by atoms with Crippen LogP contribution in [0.3, 0.4) is 0 Å². The highest BCUT2D eigenvalue weighted by atomic mass is 19.1. The summed E-state index contributed by atoms with van der Waals surface area (Å²) in [4.78, 5) is 26.8. The molecule has 0 bridgehead atoms. The lowest BCUT2D eigenvalue weighted by atomic mass is 9.98. The summed E-state index contributed by atoms with van der Waals surface area (Å²) in [5.74, 6) is -0.437. The summed E-state index contributed by atoms with van der Waals surface area (Å²) in [6, 6.07) is 15.2. The Morgan fingerprint density at radius 3 is 2.78 bits per heavy atom. The molecule has 8 nitrogen and oxygen atoms in total. The lowest BCUT2D eigenvalue weighted by Gasteiger charge is -2.32. The van der Waals surface area contributed by atoms with E-state index in [4.69, 9.17) is 0 Å². The number of likely N-dealkylation sites (tertiary alicyclic amines) is 1. The van der Waals surface area contributed by atoms with Gasteiger partial charge in [0, 0.05) is 25.3 Å². The Bertz CT molecular complexity index is 1070. The minimum atomic E-state index is -0.412. The Kier molecular flexibility index (Phi) is 6.74. The van der Waals surface area contributed by atoms with Gasteiger partial charge in [-0.3, -0.25) is 4.79 Å². The number of nitrogens with one attached hydrogen (secondary N) is 2. The van der Waals surface area contributed by atoms with Gasteiger partial charge >= 0.3 is 6.03 Å². The molecule has 4 rings (SSSR count). The predicted molar refractivity (Wildman–Crippen MR) is 118 cm³/mol. The summed E-state index contributed by atoms with van der Waals surface area (Å²) in [5.41, 5.74) is 1.79. The molecule has 32 heavy (non-hydrogen) atoms. The molecule has 1 fully saturated rings. The molecule has 1 atom stereocenters. The monoisotopic (exact) mass is 436 g/mol. The molecule has 3 aromatic rings. The smallest absolute Gasteiger partial charge is 0.319 e. The van der Waals surface area contributed by atoms with Gasteiger partial charge in [-0.1, -0.05) is 41.6 Å². The number of piperidine rings is 1. The van der Waals surface area contributed by atoms with Crippen molar-refractivity contribution < 1.29 is 14.0 Å². The number of anilines is 1. The second-order valence-corrected chi connectivity index (χ2v) is 7.89. The Morgan fingerprint density at radius 1 is 1.12 bits per heavy atom. The third kappa shape index (κ3) is 5.69. The summed E-state index contributed by atoms with van der Waals surface area (Å²) in [6.45, 7) is 2.15. The van der Waals surface area contributed by atoms with Crippen molar-refractivity contribution in [2.24, 2.45) is 5.92 Å². The third-order valence-corrected chi connectivity index (χ3v) is 5.39. The molecule has 1 aliphatic rings. The van der Waals surface area contributed by atoms with Crippen LogP contribution in [-0.2, 0) is 6.54 Å².